The van der Waals surface area contributed by atoms with Gasteiger partial charge >= 0.3 is 5.97 Å². The molecule has 0 unspecified atom stereocenters. The summed E-state index contributed by atoms with van der Waals surface area (Å²) in [6, 6.07) is 9.96. The summed E-state index contributed by atoms with van der Waals surface area (Å²) in [7, 11) is 0. The van der Waals surface area contributed by atoms with Gasteiger partial charge in [-0.2, -0.15) is 0 Å². The molecule has 3 rings (SSSR count). The second-order valence-corrected chi connectivity index (χ2v) is 8.48. The summed E-state index contributed by atoms with van der Waals surface area (Å²) < 4.78 is 11.5. The summed E-state index contributed by atoms with van der Waals surface area (Å²) in [5.74, 6) is -1.40. The number of carbonyl (C=O) groups excluding carboxylic acids is 2. The van der Waals surface area contributed by atoms with E-state index < -0.39 is 24.4 Å². The summed E-state index contributed by atoms with van der Waals surface area (Å²) in [5.41, 5.74) is 0.865. The molecule has 32 heavy (non-hydrogen) atoms. The number of nitrogens with one attached hydrogen (secondary N) is 1. The topological polar surface area (TPSA) is 105 Å². The Balaban J connectivity index is 1.93. The molecule has 1 aliphatic heterocycles. The molecular formula is C21H16Br2N2O6S. The molecule has 0 bridgehead atoms. The van der Waals surface area contributed by atoms with Crippen molar-refractivity contribution in [2.24, 2.45) is 0 Å². The first-order chi connectivity index (χ1) is 15.2. The molecule has 166 valence electrons. The summed E-state index contributed by atoms with van der Waals surface area (Å²) in [6.07, 6.45) is 1.41. The Morgan fingerprint density at radius 3 is 2.34 bits per heavy atom. The highest BCUT2D eigenvalue weighted by molar-refractivity contribution is 9.11. The number of amides is 2. The van der Waals surface area contributed by atoms with Crippen molar-refractivity contribution in [2.75, 3.05) is 18.1 Å². The van der Waals surface area contributed by atoms with Crippen molar-refractivity contribution in [1.29, 1.82) is 0 Å². The number of rotatable bonds is 7. The first kappa shape index (κ1) is 23.9. The molecule has 0 radical (unpaired) electrons. The van der Waals surface area contributed by atoms with E-state index in [1.807, 2.05) is 6.92 Å². The molecule has 1 saturated heterocycles. The van der Waals surface area contributed by atoms with Crippen LogP contribution in [0.2, 0.25) is 0 Å². The van der Waals surface area contributed by atoms with E-state index in [2.05, 4.69) is 37.2 Å². The second kappa shape index (κ2) is 10.2. The van der Waals surface area contributed by atoms with Gasteiger partial charge in [0.25, 0.3) is 11.8 Å². The SMILES string of the molecule is CCOc1ccc(N2C(=O)/C(=C/c3cc(Br)c(OCC(=O)O)c(Br)c3)C(=O)NC2=S)cc1. The van der Waals surface area contributed by atoms with Gasteiger partial charge in [0.2, 0.25) is 0 Å². The zero-order valence-electron chi connectivity index (χ0n) is 16.6. The van der Waals surface area contributed by atoms with Crippen molar-refractivity contribution in [3.05, 3.63) is 56.5 Å². The molecular weight excluding hydrogens is 568 g/mol. The van der Waals surface area contributed by atoms with E-state index in [0.29, 0.717) is 32.6 Å². The number of anilines is 1. The molecule has 2 aromatic rings. The molecule has 2 N–H and O–H groups in total. The summed E-state index contributed by atoms with van der Waals surface area (Å²) >= 11 is 11.8. The van der Waals surface area contributed by atoms with Crippen LogP contribution in [0, 0.1) is 0 Å². The molecule has 0 spiro atoms. The fourth-order valence-corrected chi connectivity index (χ4v) is 4.58. The largest absolute Gasteiger partial charge is 0.494 e. The number of carboxylic acids is 1. The number of thiocarbonyl (C=S) groups is 1. The minimum Gasteiger partial charge on any atom is -0.494 e. The van der Waals surface area contributed by atoms with Gasteiger partial charge in [-0.05, 0) is 99.0 Å². The minimum absolute atomic E-state index is 0.0268. The molecule has 2 amide bonds. The van der Waals surface area contributed by atoms with Gasteiger partial charge in [-0.15, -0.1) is 0 Å². The number of nitrogens with zero attached hydrogens (tertiary/aromatic N) is 1. The van der Waals surface area contributed by atoms with Crippen LogP contribution in [0.4, 0.5) is 5.69 Å². The Morgan fingerprint density at radius 2 is 1.78 bits per heavy atom. The predicted molar refractivity (Wildman–Crippen MR) is 129 cm³/mol. The Morgan fingerprint density at radius 1 is 1.16 bits per heavy atom. The van der Waals surface area contributed by atoms with Crippen LogP contribution in [-0.4, -0.2) is 41.2 Å². The standard InChI is InChI=1S/C21H16Br2N2O6S/c1-2-30-13-5-3-12(4-6-13)25-20(29)14(19(28)24-21(25)32)7-11-8-15(22)18(16(23)9-11)31-10-17(26)27/h3-9H,2,10H2,1H3,(H,26,27)(H,24,28,32)/b14-7+. The Labute approximate surface area is 205 Å². The second-order valence-electron chi connectivity index (χ2n) is 6.38. The number of halogens is 2. The fraction of sp³-hybridized carbons (Fsp3) is 0.143. The van der Waals surface area contributed by atoms with Crippen molar-refractivity contribution >= 4 is 78.7 Å². The lowest BCUT2D eigenvalue weighted by atomic mass is 10.1. The Bertz CT molecular complexity index is 1110. The molecule has 0 atom stereocenters. The normalized spacial score (nSPS) is 15.0. The van der Waals surface area contributed by atoms with Gasteiger partial charge in [0, 0.05) is 0 Å². The molecule has 8 nitrogen and oxygen atoms in total. The Kier molecular flexibility index (Phi) is 7.64. The number of aliphatic carboxylic acids is 1. The maximum atomic E-state index is 13.1. The van der Waals surface area contributed by atoms with Crippen LogP contribution in [0.15, 0.2) is 50.9 Å². The van der Waals surface area contributed by atoms with Crippen molar-refractivity contribution < 1.29 is 29.0 Å². The van der Waals surface area contributed by atoms with Gasteiger partial charge < -0.3 is 14.6 Å². The zero-order valence-corrected chi connectivity index (χ0v) is 20.5. The fourth-order valence-electron chi connectivity index (χ4n) is 2.85. The molecule has 1 heterocycles. The average Bonchev–Trinajstić information content (AvgIpc) is 2.71. The third-order valence-electron chi connectivity index (χ3n) is 4.18. The monoisotopic (exact) mass is 582 g/mol. The average molecular weight is 584 g/mol. The highest BCUT2D eigenvalue weighted by atomic mass is 79.9. The molecule has 1 fully saturated rings. The van der Waals surface area contributed by atoms with Crippen LogP contribution in [0.1, 0.15) is 12.5 Å². The molecule has 0 saturated carbocycles. The Hall–Kier alpha value is -2.76. The van der Waals surface area contributed by atoms with E-state index >= 15 is 0 Å². The van der Waals surface area contributed by atoms with Crippen LogP contribution in [0.25, 0.3) is 6.08 Å². The van der Waals surface area contributed by atoms with E-state index in [4.69, 9.17) is 26.8 Å². The third kappa shape index (κ3) is 5.34. The van der Waals surface area contributed by atoms with Gasteiger partial charge in [0.1, 0.15) is 17.1 Å². The van der Waals surface area contributed by atoms with Gasteiger partial charge in [-0.1, -0.05) is 0 Å². The first-order valence-electron chi connectivity index (χ1n) is 9.19. The molecule has 0 aliphatic carbocycles. The molecule has 0 aromatic heterocycles. The number of carboxylic acid groups (broad SMARTS) is 1. The number of carbonyl (C=O) groups is 3. The number of ether oxygens (including phenoxy) is 2. The van der Waals surface area contributed by atoms with Gasteiger partial charge in [0.05, 0.1) is 21.2 Å². The number of hydrogen-bond donors (Lipinski definition) is 2. The van der Waals surface area contributed by atoms with Gasteiger partial charge in [0.15, 0.2) is 11.7 Å². The van der Waals surface area contributed by atoms with E-state index in [-0.39, 0.29) is 16.4 Å². The summed E-state index contributed by atoms with van der Waals surface area (Å²) in [4.78, 5) is 37.6. The van der Waals surface area contributed by atoms with Crippen molar-refractivity contribution in [2.45, 2.75) is 6.92 Å². The third-order valence-corrected chi connectivity index (χ3v) is 5.64. The van der Waals surface area contributed by atoms with Crippen LogP contribution in [0.5, 0.6) is 11.5 Å². The highest BCUT2D eigenvalue weighted by Crippen LogP contribution is 2.36. The van der Waals surface area contributed by atoms with Crippen molar-refractivity contribution in [3.63, 3.8) is 0 Å². The lowest BCUT2D eigenvalue weighted by molar-refractivity contribution is -0.139. The van der Waals surface area contributed by atoms with Crippen molar-refractivity contribution in [1.82, 2.24) is 5.32 Å². The lowest BCUT2D eigenvalue weighted by Gasteiger charge is -2.29. The number of hydrogen-bond acceptors (Lipinski definition) is 6. The number of benzene rings is 2. The van der Waals surface area contributed by atoms with Crippen LogP contribution in [0.3, 0.4) is 0 Å². The van der Waals surface area contributed by atoms with E-state index in [1.54, 1.807) is 36.4 Å². The van der Waals surface area contributed by atoms with E-state index in [0.717, 1.165) is 0 Å². The first-order valence-corrected chi connectivity index (χ1v) is 11.2. The zero-order chi connectivity index (χ0) is 23.4. The van der Waals surface area contributed by atoms with Gasteiger partial charge in [-0.25, -0.2) is 4.79 Å². The summed E-state index contributed by atoms with van der Waals surface area (Å²) in [6.45, 7) is 1.85. The minimum atomic E-state index is -1.12. The van der Waals surface area contributed by atoms with Crippen LogP contribution < -0.4 is 19.7 Å². The molecule has 2 aromatic carbocycles. The summed E-state index contributed by atoms with van der Waals surface area (Å²) in [5, 5.41) is 11.3. The predicted octanol–water partition coefficient (Wildman–Crippen LogP) is 3.91. The van der Waals surface area contributed by atoms with E-state index in [1.165, 1.54) is 11.0 Å². The lowest BCUT2D eigenvalue weighted by Crippen LogP contribution is -2.54. The smallest absolute Gasteiger partial charge is 0.341 e. The highest BCUT2D eigenvalue weighted by Gasteiger charge is 2.34. The molecule has 11 heteroatoms. The molecule has 1 aliphatic rings. The van der Waals surface area contributed by atoms with Crippen LogP contribution in [-0.2, 0) is 14.4 Å². The van der Waals surface area contributed by atoms with E-state index in [9.17, 15) is 14.4 Å². The van der Waals surface area contributed by atoms with Gasteiger partial charge in [-0.3, -0.25) is 19.8 Å². The maximum Gasteiger partial charge on any atom is 0.341 e. The van der Waals surface area contributed by atoms with Crippen molar-refractivity contribution in [3.8, 4) is 11.5 Å². The quantitative estimate of drug-likeness (QED) is 0.289. The van der Waals surface area contributed by atoms with Crippen LogP contribution >= 0.6 is 44.1 Å². The maximum absolute atomic E-state index is 13.1.